The lowest BCUT2D eigenvalue weighted by molar-refractivity contribution is -0.302. The molecule has 1 aliphatic rings. The fourth-order valence-corrected chi connectivity index (χ4v) is 13.6. The van der Waals surface area contributed by atoms with E-state index in [1.165, 1.54) is 327 Å². The molecule has 0 aromatic carbocycles. The second-order valence-electron chi connectivity index (χ2n) is 29.9. The standard InChI is InChI=1S/C88H163NO10/c1-3-5-7-9-11-13-15-17-18-19-41-45-48-52-56-60-64-68-72-76-84(93)97-77-73-69-65-61-57-53-49-46-43-40-38-36-34-32-30-28-26-24-22-20-21-23-25-27-29-31-33-35-37-39-42-44-47-51-55-59-63-67-71-75-83(92)89-80(79-98-88-87(96)86(95)85(94)82(78-90)99-88)81(91)74-70-66-62-58-54-50-16-14-12-10-8-6-4-2/h11,13,17-18,20-21,24,26,70,74,80-82,85-88,90-91,94-96H,3-10,12,14-16,19,22-23,25,27-69,71-73,75-79H2,1-2H3,(H,89,92)/b13-11-,18-17-,21-20-,26-24-,74-70+. The highest BCUT2D eigenvalue weighted by Crippen LogP contribution is 2.24. The van der Waals surface area contributed by atoms with Gasteiger partial charge in [-0.2, -0.15) is 0 Å². The number of carbonyl (C=O) groups is 2. The third-order valence-electron chi connectivity index (χ3n) is 20.3. The summed E-state index contributed by atoms with van der Waals surface area (Å²) in [4.78, 5) is 25.2. The molecule has 0 bridgehead atoms. The van der Waals surface area contributed by atoms with Gasteiger partial charge in [-0.25, -0.2) is 0 Å². The smallest absolute Gasteiger partial charge is 0.305 e. The van der Waals surface area contributed by atoms with Crippen molar-refractivity contribution in [2.45, 2.75) is 468 Å². The number of nitrogens with one attached hydrogen (secondary N) is 1. The van der Waals surface area contributed by atoms with Crippen LogP contribution in [0, 0.1) is 0 Å². The molecule has 0 aliphatic carbocycles. The van der Waals surface area contributed by atoms with Crippen molar-refractivity contribution < 1.29 is 49.3 Å². The van der Waals surface area contributed by atoms with Gasteiger partial charge in [0.15, 0.2) is 6.29 Å². The Bertz CT molecular complexity index is 1830. The monoisotopic (exact) mass is 1390 g/mol. The molecule has 1 aliphatic heterocycles. The van der Waals surface area contributed by atoms with Gasteiger partial charge in [-0.3, -0.25) is 9.59 Å². The Labute approximate surface area is 611 Å². The quantitative estimate of drug-likeness (QED) is 0.0195. The molecular weight excluding hydrogens is 1230 g/mol. The number of rotatable bonds is 77. The molecule has 1 heterocycles. The van der Waals surface area contributed by atoms with E-state index >= 15 is 0 Å². The first kappa shape index (κ1) is 94.4. The number of ether oxygens (including phenoxy) is 3. The van der Waals surface area contributed by atoms with Crippen LogP contribution < -0.4 is 5.32 Å². The Hall–Kier alpha value is -2.64. The van der Waals surface area contributed by atoms with E-state index in [2.05, 4.69) is 67.8 Å². The number of unbranched alkanes of at least 4 members (excludes halogenated alkanes) is 55. The first-order valence-corrected chi connectivity index (χ1v) is 43.1. The molecule has 99 heavy (non-hydrogen) atoms. The van der Waals surface area contributed by atoms with Crippen LogP contribution in [0.3, 0.4) is 0 Å². The van der Waals surface area contributed by atoms with E-state index in [-0.39, 0.29) is 18.5 Å². The lowest BCUT2D eigenvalue weighted by Gasteiger charge is -2.40. The van der Waals surface area contributed by atoms with Crippen LogP contribution >= 0.6 is 0 Å². The van der Waals surface area contributed by atoms with Crippen molar-refractivity contribution in [3.05, 3.63) is 60.8 Å². The topological polar surface area (TPSA) is 175 Å². The Morgan fingerprint density at radius 3 is 1.04 bits per heavy atom. The highest BCUT2D eigenvalue weighted by atomic mass is 16.7. The maximum absolute atomic E-state index is 13.1. The van der Waals surface area contributed by atoms with Crippen molar-refractivity contribution in [2.24, 2.45) is 0 Å². The van der Waals surface area contributed by atoms with E-state index in [9.17, 15) is 35.1 Å². The van der Waals surface area contributed by atoms with E-state index in [4.69, 9.17) is 14.2 Å². The maximum Gasteiger partial charge on any atom is 0.305 e. The molecule has 1 amide bonds. The fourth-order valence-electron chi connectivity index (χ4n) is 13.6. The highest BCUT2D eigenvalue weighted by molar-refractivity contribution is 5.76. The van der Waals surface area contributed by atoms with Crippen LogP contribution in [0.4, 0.5) is 0 Å². The number of aliphatic hydroxyl groups excluding tert-OH is 5. The van der Waals surface area contributed by atoms with Crippen LogP contribution in [0.2, 0.25) is 0 Å². The molecule has 6 N–H and O–H groups in total. The maximum atomic E-state index is 13.1. The summed E-state index contributed by atoms with van der Waals surface area (Å²) in [5.41, 5.74) is 0. The van der Waals surface area contributed by atoms with E-state index in [1.54, 1.807) is 6.08 Å². The van der Waals surface area contributed by atoms with Crippen LogP contribution in [-0.4, -0.2) is 100 Å². The largest absolute Gasteiger partial charge is 0.466 e. The Morgan fingerprint density at radius 1 is 0.374 bits per heavy atom. The van der Waals surface area contributed by atoms with Gasteiger partial charge in [-0.1, -0.05) is 376 Å². The number of esters is 1. The van der Waals surface area contributed by atoms with Crippen molar-refractivity contribution in [1.29, 1.82) is 0 Å². The van der Waals surface area contributed by atoms with Gasteiger partial charge >= 0.3 is 5.97 Å². The van der Waals surface area contributed by atoms with Gasteiger partial charge in [0.25, 0.3) is 0 Å². The van der Waals surface area contributed by atoms with Crippen LogP contribution in [0.1, 0.15) is 425 Å². The third-order valence-corrected chi connectivity index (χ3v) is 20.3. The molecule has 0 radical (unpaired) electrons. The van der Waals surface area contributed by atoms with Crippen molar-refractivity contribution in [3.63, 3.8) is 0 Å². The predicted octanol–water partition coefficient (Wildman–Crippen LogP) is 24.0. The molecule has 0 saturated carbocycles. The molecule has 7 unspecified atom stereocenters. The summed E-state index contributed by atoms with van der Waals surface area (Å²) in [6.45, 7) is 4.37. The van der Waals surface area contributed by atoms with Crippen molar-refractivity contribution in [3.8, 4) is 0 Å². The molecule has 580 valence electrons. The molecule has 1 saturated heterocycles. The van der Waals surface area contributed by atoms with Gasteiger partial charge in [-0.05, 0) is 96.3 Å². The molecule has 0 spiro atoms. The summed E-state index contributed by atoms with van der Waals surface area (Å²) in [6.07, 6.45) is 94.1. The lowest BCUT2D eigenvalue weighted by Crippen LogP contribution is -2.60. The average molecular weight is 1400 g/mol. The average Bonchev–Trinajstić information content (AvgIpc) is 0.866. The number of amides is 1. The van der Waals surface area contributed by atoms with Gasteiger partial charge < -0.3 is 45.1 Å². The zero-order valence-corrected chi connectivity index (χ0v) is 65.0. The van der Waals surface area contributed by atoms with E-state index < -0.39 is 49.5 Å². The Balaban J connectivity index is 1.88. The molecule has 0 aromatic rings. The van der Waals surface area contributed by atoms with Gasteiger partial charge in [0.2, 0.25) is 5.91 Å². The zero-order valence-electron chi connectivity index (χ0n) is 65.0. The lowest BCUT2D eigenvalue weighted by atomic mass is 9.99. The van der Waals surface area contributed by atoms with Crippen LogP contribution in [-0.2, 0) is 23.8 Å². The summed E-state index contributed by atoms with van der Waals surface area (Å²) in [7, 11) is 0. The first-order valence-electron chi connectivity index (χ1n) is 43.1. The summed E-state index contributed by atoms with van der Waals surface area (Å²) in [5, 5.41) is 54.6. The van der Waals surface area contributed by atoms with Gasteiger partial charge in [-0.15, -0.1) is 0 Å². The van der Waals surface area contributed by atoms with E-state index in [1.807, 2.05) is 6.08 Å². The Kier molecular flexibility index (Phi) is 72.9. The second kappa shape index (κ2) is 76.5. The van der Waals surface area contributed by atoms with Gasteiger partial charge in [0.1, 0.15) is 24.4 Å². The number of carbonyl (C=O) groups excluding carboxylic acids is 2. The van der Waals surface area contributed by atoms with Crippen LogP contribution in [0.5, 0.6) is 0 Å². The van der Waals surface area contributed by atoms with Crippen LogP contribution in [0.25, 0.3) is 0 Å². The number of aliphatic hydroxyl groups is 5. The van der Waals surface area contributed by atoms with Crippen molar-refractivity contribution in [2.75, 3.05) is 19.8 Å². The Morgan fingerprint density at radius 2 is 0.677 bits per heavy atom. The molecule has 1 rings (SSSR count). The zero-order chi connectivity index (χ0) is 71.5. The second-order valence-corrected chi connectivity index (χ2v) is 29.9. The summed E-state index contributed by atoms with van der Waals surface area (Å²) in [5.74, 6) is -0.165. The molecule has 11 nitrogen and oxygen atoms in total. The van der Waals surface area contributed by atoms with E-state index in [0.717, 1.165) is 70.6 Å². The fraction of sp³-hybridized carbons (Fsp3) is 0.864. The minimum atomic E-state index is -1.57. The first-order chi connectivity index (χ1) is 48.7. The number of hydrogen-bond donors (Lipinski definition) is 6. The normalized spacial score (nSPS) is 17.4. The summed E-state index contributed by atoms with van der Waals surface area (Å²) >= 11 is 0. The van der Waals surface area contributed by atoms with Crippen LogP contribution in [0.15, 0.2) is 60.8 Å². The molecule has 1 fully saturated rings. The van der Waals surface area contributed by atoms with Gasteiger partial charge in [0, 0.05) is 12.8 Å². The molecule has 11 heteroatoms. The van der Waals surface area contributed by atoms with Gasteiger partial charge in [0.05, 0.1) is 32.0 Å². The molecular formula is C88H163NO10. The summed E-state index contributed by atoms with van der Waals surface area (Å²) in [6, 6.07) is -0.808. The number of hydrogen-bond acceptors (Lipinski definition) is 10. The minimum absolute atomic E-state index is 0.0112. The SMILES string of the molecule is CCCCC/C=C\C/C=C\CCCCCCCCCCCC(=O)OCCCCCCCCCCCCCCCCC/C=C\C/C=C\CCCCCCCCCCCCCCCCCCCC(=O)NC(COC1OC(CO)C(O)C(O)C1O)C(O)/C=C/CCCCCCCCCCCCC. The minimum Gasteiger partial charge on any atom is -0.466 e. The van der Waals surface area contributed by atoms with Crippen molar-refractivity contribution in [1.82, 2.24) is 5.32 Å². The summed E-state index contributed by atoms with van der Waals surface area (Å²) < 4.78 is 16.8. The number of allylic oxidation sites excluding steroid dienone is 9. The van der Waals surface area contributed by atoms with E-state index in [0.29, 0.717) is 19.4 Å². The van der Waals surface area contributed by atoms with Crippen molar-refractivity contribution >= 4 is 11.9 Å². The predicted molar refractivity (Wildman–Crippen MR) is 421 cm³/mol. The highest BCUT2D eigenvalue weighted by Gasteiger charge is 2.44. The molecule has 7 atom stereocenters. The third kappa shape index (κ3) is 64.7. The molecule has 0 aromatic heterocycles.